The molecule has 1 heteroatoms. The molecular weight excluding hydrogens is 134 g/mol. The van der Waals surface area contributed by atoms with Crippen molar-refractivity contribution in [3.8, 4) is 0 Å². The van der Waals surface area contributed by atoms with E-state index >= 15 is 0 Å². The summed E-state index contributed by atoms with van der Waals surface area (Å²) >= 11 is 0. The number of allylic oxidation sites excluding steroid dienone is 3. The van der Waals surface area contributed by atoms with Crippen LogP contribution in [-0.2, 0) is 0 Å². The largest absolute Gasteiger partial charge is 0.372 e. The van der Waals surface area contributed by atoms with Gasteiger partial charge < -0.3 is 4.90 Å². The molecule has 0 saturated heterocycles. The lowest BCUT2D eigenvalue weighted by Crippen LogP contribution is -2.20. The van der Waals surface area contributed by atoms with E-state index in [1.54, 1.807) is 6.08 Å². The second kappa shape index (κ2) is 5.78. The van der Waals surface area contributed by atoms with Gasteiger partial charge in [-0.25, -0.2) is 0 Å². The minimum atomic E-state index is 1.02. The molecule has 0 amide bonds. The first-order chi connectivity index (χ1) is 5.29. The Bertz CT molecular complexity index is 152. The molecule has 0 aromatic carbocycles. The highest BCUT2D eigenvalue weighted by Crippen LogP contribution is 2.03. The van der Waals surface area contributed by atoms with Gasteiger partial charge in [0.15, 0.2) is 0 Å². The number of nitrogens with zero attached hydrogens (tertiary/aromatic N) is 1. The smallest absolute Gasteiger partial charge is 0.0359 e. The molecule has 0 atom stereocenters. The number of hydrogen-bond donors (Lipinski definition) is 0. The summed E-state index contributed by atoms with van der Waals surface area (Å²) in [5.41, 5.74) is 1.14. The van der Waals surface area contributed by atoms with Crippen LogP contribution in [0.25, 0.3) is 0 Å². The van der Waals surface area contributed by atoms with Gasteiger partial charge in [-0.05, 0) is 26.0 Å². The summed E-state index contributed by atoms with van der Waals surface area (Å²) < 4.78 is 0. The summed E-state index contributed by atoms with van der Waals surface area (Å²) in [6.45, 7) is 13.7. The van der Waals surface area contributed by atoms with Gasteiger partial charge in [-0.1, -0.05) is 19.2 Å². The molecule has 0 aliphatic heterocycles. The molecule has 0 unspecified atom stereocenters. The van der Waals surface area contributed by atoms with Gasteiger partial charge in [0.1, 0.15) is 0 Å². The highest BCUT2D eigenvalue weighted by Gasteiger charge is 1.98. The van der Waals surface area contributed by atoms with E-state index in [0.717, 1.165) is 18.8 Å². The third kappa shape index (κ3) is 3.08. The van der Waals surface area contributed by atoms with Crippen molar-refractivity contribution in [2.45, 2.75) is 13.8 Å². The van der Waals surface area contributed by atoms with E-state index in [1.807, 2.05) is 12.2 Å². The van der Waals surface area contributed by atoms with Gasteiger partial charge in [-0.2, -0.15) is 0 Å². The van der Waals surface area contributed by atoms with Crippen LogP contribution in [0.4, 0.5) is 0 Å². The van der Waals surface area contributed by atoms with E-state index in [9.17, 15) is 0 Å². The van der Waals surface area contributed by atoms with E-state index in [4.69, 9.17) is 0 Å². The Balaban J connectivity index is 4.32. The first-order valence-electron chi connectivity index (χ1n) is 4.00. The summed E-state index contributed by atoms with van der Waals surface area (Å²) in [7, 11) is 0. The van der Waals surface area contributed by atoms with Crippen molar-refractivity contribution in [3.05, 3.63) is 37.1 Å². The summed E-state index contributed by atoms with van der Waals surface area (Å²) in [5.74, 6) is 0. The van der Waals surface area contributed by atoms with Crippen molar-refractivity contribution in [1.82, 2.24) is 4.90 Å². The van der Waals surface area contributed by atoms with Gasteiger partial charge in [-0.3, -0.25) is 0 Å². The maximum Gasteiger partial charge on any atom is 0.0359 e. The standard InChI is InChI=1S/C10H17N/c1-5-9-10(6-2)11(7-3)8-4/h5-6,9H,1-2,7-8H2,3-4H3. The minimum Gasteiger partial charge on any atom is -0.372 e. The van der Waals surface area contributed by atoms with Crippen LogP contribution in [0.5, 0.6) is 0 Å². The molecule has 0 aliphatic rings. The lowest BCUT2D eigenvalue weighted by atomic mass is 10.3. The first kappa shape index (κ1) is 10.0. The van der Waals surface area contributed by atoms with Crippen LogP contribution in [-0.4, -0.2) is 18.0 Å². The van der Waals surface area contributed by atoms with Crippen LogP contribution in [0.1, 0.15) is 13.8 Å². The number of rotatable bonds is 5. The number of hydrogen-bond acceptors (Lipinski definition) is 1. The predicted molar refractivity (Wildman–Crippen MR) is 51.4 cm³/mol. The second-order valence-corrected chi connectivity index (χ2v) is 2.20. The molecule has 0 saturated carbocycles. The van der Waals surface area contributed by atoms with Crippen molar-refractivity contribution >= 4 is 0 Å². The fourth-order valence-electron chi connectivity index (χ4n) is 1.01. The molecule has 0 aromatic rings. The normalized spacial score (nSPS) is 10.9. The van der Waals surface area contributed by atoms with Crippen LogP contribution in [0.15, 0.2) is 37.1 Å². The molecule has 0 N–H and O–H groups in total. The van der Waals surface area contributed by atoms with Crippen LogP contribution in [0.2, 0.25) is 0 Å². The van der Waals surface area contributed by atoms with Crippen molar-refractivity contribution in [1.29, 1.82) is 0 Å². The SMILES string of the molecule is C=CC=C(C=C)N(CC)CC. The summed E-state index contributed by atoms with van der Waals surface area (Å²) in [6.07, 6.45) is 5.62. The van der Waals surface area contributed by atoms with Crippen molar-refractivity contribution in [2.24, 2.45) is 0 Å². The Labute approximate surface area is 69.7 Å². The third-order valence-corrected chi connectivity index (χ3v) is 1.63. The Kier molecular flexibility index (Phi) is 5.26. The zero-order valence-electron chi connectivity index (χ0n) is 7.51. The molecule has 0 fully saturated rings. The molecule has 11 heavy (non-hydrogen) atoms. The lowest BCUT2D eigenvalue weighted by Gasteiger charge is -2.21. The highest BCUT2D eigenvalue weighted by molar-refractivity contribution is 5.19. The Morgan fingerprint density at radius 3 is 2.09 bits per heavy atom. The molecule has 0 rings (SSSR count). The van der Waals surface area contributed by atoms with Gasteiger partial charge in [0.2, 0.25) is 0 Å². The Morgan fingerprint density at radius 2 is 1.82 bits per heavy atom. The van der Waals surface area contributed by atoms with E-state index < -0.39 is 0 Å². The first-order valence-corrected chi connectivity index (χ1v) is 4.00. The quantitative estimate of drug-likeness (QED) is 0.546. The maximum absolute atomic E-state index is 3.74. The maximum atomic E-state index is 3.74. The Hall–Kier alpha value is -0.980. The predicted octanol–water partition coefficient (Wildman–Crippen LogP) is 2.58. The van der Waals surface area contributed by atoms with Gasteiger partial charge in [0.25, 0.3) is 0 Å². The fourth-order valence-corrected chi connectivity index (χ4v) is 1.01. The average molecular weight is 151 g/mol. The third-order valence-electron chi connectivity index (χ3n) is 1.63. The van der Waals surface area contributed by atoms with Crippen LogP contribution >= 0.6 is 0 Å². The lowest BCUT2D eigenvalue weighted by molar-refractivity contribution is 0.395. The molecule has 0 aliphatic carbocycles. The Morgan fingerprint density at radius 1 is 1.27 bits per heavy atom. The monoisotopic (exact) mass is 151 g/mol. The van der Waals surface area contributed by atoms with E-state index in [1.165, 1.54) is 0 Å². The minimum absolute atomic E-state index is 1.02. The molecule has 0 radical (unpaired) electrons. The van der Waals surface area contributed by atoms with Crippen molar-refractivity contribution < 1.29 is 0 Å². The second-order valence-electron chi connectivity index (χ2n) is 2.20. The zero-order chi connectivity index (χ0) is 8.69. The van der Waals surface area contributed by atoms with Gasteiger partial charge in [0.05, 0.1) is 0 Å². The summed E-state index contributed by atoms with van der Waals surface area (Å²) in [4.78, 5) is 2.23. The molecule has 62 valence electrons. The van der Waals surface area contributed by atoms with E-state index in [2.05, 4.69) is 31.9 Å². The van der Waals surface area contributed by atoms with Crippen LogP contribution in [0, 0.1) is 0 Å². The van der Waals surface area contributed by atoms with Crippen LogP contribution in [0.3, 0.4) is 0 Å². The summed E-state index contributed by atoms with van der Waals surface area (Å²) in [6, 6.07) is 0. The topological polar surface area (TPSA) is 3.24 Å². The van der Waals surface area contributed by atoms with Crippen molar-refractivity contribution in [3.63, 3.8) is 0 Å². The van der Waals surface area contributed by atoms with Crippen LogP contribution < -0.4 is 0 Å². The van der Waals surface area contributed by atoms with E-state index in [0.29, 0.717) is 0 Å². The van der Waals surface area contributed by atoms with Crippen molar-refractivity contribution in [2.75, 3.05) is 13.1 Å². The molecule has 0 bridgehead atoms. The molecule has 0 aromatic heterocycles. The fraction of sp³-hybridized carbons (Fsp3) is 0.400. The molecular formula is C10H17N. The molecule has 0 spiro atoms. The van der Waals surface area contributed by atoms with E-state index in [-0.39, 0.29) is 0 Å². The summed E-state index contributed by atoms with van der Waals surface area (Å²) in [5, 5.41) is 0. The van der Waals surface area contributed by atoms with Gasteiger partial charge >= 0.3 is 0 Å². The number of likely N-dealkylation sites (N-methyl/N-ethyl adjacent to an activating group) is 1. The molecule has 1 nitrogen and oxygen atoms in total. The van der Waals surface area contributed by atoms with Gasteiger partial charge in [-0.15, -0.1) is 0 Å². The molecule has 0 heterocycles. The van der Waals surface area contributed by atoms with Gasteiger partial charge in [0, 0.05) is 18.8 Å². The average Bonchev–Trinajstić information content (AvgIpc) is 2.05. The highest BCUT2D eigenvalue weighted by atomic mass is 15.1. The zero-order valence-corrected chi connectivity index (χ0v) is 7.51.